The first-order valence-corrected chi connectivity index (χ1v) is 8.93. The van der Waals surface area contributed by atoms with Gasteiger partial charge in [-0.3, -0.25) is 23.6 Å². The van der Waals surface area contributed by atoms with Crippen molar-refractivity contribution < 1.29 is 9.59 Å². The van der Waals surface area contributed by atoms with E-state index in [1.165, 1.54) is 21.8 Å². The Kier molecular flexibility index (Phi) is 5.74. The molecule has 2 amide bonds. The third-order valence-corrected chi connectivity index (χ3v) is 4.70. The van der Waals surface area contributed by atoms with E-state index in [1.807, 2.05) is 0 Å². The number of anilines is 1. The molecule has 0 aliphatic rings. The fraction of sp³-hybridized carbons (Fsp3) is 0.278. The van der Waals surface area contributed by atoms with Crippen LogP contribution in [0.4, 0.5) is 5.69 Å². The molecule has 10 heteroatoms. The molecule has 0 unspecified atom stereocenters. The quantitative estimate of drug-likeness (QED) is 0.644. The minimum atomic E-state index is -0.366. The Bertz CT molecular complexity index is 1100. The van der Waals surface area contributed by atoms with Gasteiger partial charge in [0.25, 0.3) is 5.56 Å². The molecule has 146 valence electrons. The van der Waals surface area contributed by atoms with Crippen LogP contribution >= 0.6 is 11.6 Å². The minimum Gasteiger partial charge on any atom is -0.347 e. The summed E-state index contributed by atoms with van der Waals surface area (Å²) in [7, 11) is 1.70. The maximum atomic E-state index is 12.3. The van der Waals surface area contributed by atoms with Gasteiger partial charge in [0.15, 0.2) is 5.65 Å². The van der Waals surface area contributed by atoms with Crippen molar-refractivity contribution >= 4 is 40.1 Å². The molecule has 2 N–H and O–H groups in total. The molecule has 0 aliphatic heterocycles. The average Bonchev–Trinajstić information content (AvgIpc) is 3.05. The molecule has 0 aliphatic carbocycles. The largest absolute Gasteiger partial charge is 0.347 e. The summed E-state index contributed by atoms with van der Waals surface area (Å²) in [5, 5.41) is 10.2. The Labute approximate surface area is 165 Å². The van der Waals surface area contributed by atoms with Crippen LogP contribution in [-0.2, 0) is 23.2 Å². The maximum absolute atomic E-state index is 12.3. The lowest BCUT2D eigenvalue weighted by atomic mass is 10.2. The Morgan fingerprint density at radius 2 is 2.04 bits per heavy atom. The second-order valence-electron chi connectivity index (χ2n) is 6.24. The van der Waals surface area contributed by atoms with Gasteiger partial charge in [-0.2, -0.15) is 5.10 Å². The number of carbonyl (C=O) groups excluding carboxylic acids is 2. The molecule has 1 aromatic carbocycles. The molecule has 28 heavy (non-hydrogen) atoms. The van der Waals surface area contributed by atoms with Crippen molar-refractivity contribution in [1.29, 1.82) is 0 Å². The number of hydrogen-bond donors (Lipinski definition) is 2. The number of rotatable bonds is 6. The topological polar surface area (TPSA) is 111 Å². The standard InChI is InChI=1S/C18H19ClN6O3/c1-11-13(19)4-3-5-14(11)23-16(27)9-20-15(26)6-7-25-10-21-17-12(18(25)28)8-22-24(17)2/h3-5,8,10H,6-7,9H2,1-2H3,(H,20,26)(H,23,27). The van der Waals surface area contributed by atoms with Gasteiger partial charge in [0.2, 0.25) is 11.8 Å². The van der Waals surface area contributed by atoms with E-state index >= 15 is 0 Å². The predicted molar refractivity (Wildman–Crippen MR) is 105 cm³/mol. The first-order chi connectivity index (χ1) is 13.4. The van der Waals surface area contributed by atoms with E-state index in [-0.39, 0.29) is 36.9 Å². The molecular formula is C18H19ClN6O3. The van der Waals surface area contributed by atoms with Gasteiger partial charge < -0.3 is 10.6 Å². The molecule has 0 fully saturated rings. The minimum absolute atomic E-state index is 0.0385. The molecule has 9 nitrogen and oxygen atoms in total. The SMILES string of the molecule is Cc1c(Cl)cccc1NC(=O)CNC(=O)CCn1cnc2c(cnn2C)c1=O. The Hall–Kier alpha value is -3.20. The number of aromatic nitrogens is 4. The highest BCUT2D eigenvalue weighted by molar-refractivity contribution is 6.31. The predicted octanol–water partition coefficient (Wildman–Crippen LogP) is 1.24. The summed E-state index contributed by atoms with van der Waals surface area (Å²) >= 11 is 6.02. The summed E-state index contributed by atoms with van der Waals surface area (Å²) < 4.78 is 2.85. The zero-order valence-electron chi connectivity index (χ0n) is 15.4. The zero-order valence-corrected chi connectivity index (χ0v) is 16.2. The van der Waals surface area contributed by atoms with Crippen LogP contribution in [0.5, 0.6) is 0 Å². The van der Waals surface area contributed by atoms with Crippen molar-refractivity contribution in [2.45, 2.75) is 19.9 Å². The van der Waals surface area contributed by atoms with Gasteiger partial charge in [-0.1, -0.05) is 17.7 Å². The molecule has 0 radical (unpaired) electrons. The van der Waals surface area contributed by atoms with Gasteiger partial charge in [0, 0.05) is 30.7 Å². The monoisotopic (exact) mass is 402 g/mol. The number of hydrogen-bond acceptors (Lipinski definition) is 5. The Morgan fingerprint density at radius 3 is 2.82 bits per heavy atom. The highest BCUT2D eigenvalue weighted by atomic mass is 35.5. The van der Waals surface area contributed by atoms with Gasteiger partial charge in [0.1, 0.15) is 5.39 Å². The molecule has 0 saturated carbocycles. The second-order valence-corrected chi connectivity index (χ2v) is 6.64. The number of aryl methyl sites for hydroxylation is 2. The molecule has 2 aromatic heterocycles. The van der Waals surface area contributed by atoms with Gasteiger partial charge in [-0.25, -0.2) is 4.98 Å². The average molecular weight is 403 g/mol. The molecule has 0 bridgehead atoms. The highest BCUT2D eigenvalue weighted by Crippen LogP contribution is 2.22. The molecule has 2 heterocycles. The Balaban J connectivity index is 1.52. The number of fused-ring (bicyclic) bond motifs is 1. The fourth-order valence-electron chi connectivity index (χ4n) is 2.65. The normalized spacial score (nSPS) is 10.8. The summed E-state index contributed by atoms with van der Waals surface area (Å²) in [6, 6.07) is 5.19. The van der Waals surface area contributed by atoms with Crippen molar-refractivity contribution in [2.24, 2.45) is 7.05 Å². The highest BCUT2D eigenvalue weighted by Gasteiger charge is 2.11. The molecular weight excluding hydrogens is 384 g/mol. The molecule has 0 saturated heterocycles. The Morgan fingerprint density at radius 1 is 1.25 bits per heavy atom. The van der Waals surface area contributed by atoms with E-state index in [9.17, 15) is 14.4 Å². The summed E-state index contributed by atoms with van der Waals surface area (Å²) in [6.07, 6.45) is 2.87. The van der Waals surface area contributed by atoms with Gasteiger partial charge in [-0.05, 0) is 24.6 Å². The lowest BCUT2D eigenvalue weighted by Gasteiger charge is -2.10. The van der Waals surface area contributed by atoms with Crippen LogP contribution in [0.3, 0.4) is 0 Å². The van der Waals surface area contributed by atoms with E-state index in [0.29, 0.717) is 21.7 Å². The van der Waals surface area contributed by atoms with Gasteiger partial charge in [-0.15, -0.1) is 0 Å². The second kappa shape index (κ2) is 8.22. The first kappa shape index (κ1) is 19.6. The van der Waals surface area contributed by atoms with Crippen LogP contribution in [0.25, 0.3) is 11.0 Å². The van der Waals surface area contributed by atoms with E-state index < -0.39 is 0 Å². The number of nitrogens with zero attached hydrogens (tertiary/aromatic N) is 4. The van der Waals surface area contributed by atoms with E-state index in [0.717, 1.165) is 5.56 Å². The van der Waals surface area contributed by atoms with Gasteiger partial charge in [0.05, 0.1) is 19.1 Å². The van der Waals surface area contributed by atoms with Crippen LogP contribution in [0.1, 0.15) is 12.0 Å². The van der Waals surface area contributed by atoms with E-state index in [1.54, 1.807) is 32.2 Å². The van der Waals surface area contributed by atoms with Crippen LogP contribution in [0.2, 0.25) is 5.02 Å². The van der Waals surface area contributed by atoms with Crippen LogP contribution in [0, 0.1) is 6.92 Å². The van der Waals surface area contributed by atoms with Crippen molar-refractivity contribution in [3.8, 4) is 0 Å². The third-order valence-electron chi connectivity index (χ3n) is 4.29. The van der Waals surface area contributed by atoms with Gasteiger partial charge >= 0.3 is 0 Å². The fourth-order valence-corrected chi connectivity index (χ4v) is 2.83. The smallest absolute Gasteiger partial charge is 0.264 e. The maximum Gasteiger partial charge on any atom is 0.264 e. The van der Waals surface area contributed by atoms with E-state index in [4.69, 9.17) is 11.6 Å². The number of benzene rings is 1. The first-order valence-electron chi connectivity index (χ1n) is 8.55. The van der Waals surface area contributed by atoms with Crippen LogP contribution < -0.4 is 16.2 Å². The summed E-state index contributed by atoms with van der Waals surface area (Å²) in [6.45, 7) is 1.76. The molecule has 3 rings (SSSR count). The summed E-state index contributed by atoms with van der Waals surface area (Å²) in [5.74, 6) is -0.717. The van der Waals surface area contributed by atoms with Crippen LogP contribution in [-0.4, -0.2) is 37.7 Å². The number of halogens is 1. The van der Waals surface area contributed by atoms with Crippen molar-refractivity contribution in [2.75, 3.05) is 11.9 Å². The number of carbonyl (C=O) groups is 2. The van der Waals surface area contributed by atoms with Crippen molar-refractivity contribution in [1.82, 2.24) is 24.6 Å². The number of amides is 2. The van der Waals surface area contributed by atoms with Crippen LogP contribution in [0.15, 0.2) is 35.5 Å². The summed E-state index contributed by atoms with van der Waals surface area (Å²) in [4.78, 5) is 40.5. The van der Waals surface area contributed by atoms with Crippen molar-refractivity contribution in [3.63, 3.8) is 0 Å². The molecule has 0 spiro atoms. The summed E-state index contributed by atoms with van der Waals surface area (Å²) in [5.41, 5.74) is 1.56. The lowest BCUT2D eigenvalue weighted by Crippen LogP contribution is -2.34. The third kappa shape index (κ3) is 4.20. The molecule has 3 aromatic rings. The molecule has 0 atom stereocenters. The number of nitrogens with one attached hydrogen (secondary N) is 2. The lowest BCUT2D eigenvalue weighted by molar-refractivity contribution is -0.124. The van der Waals surface area contributed by atoms with Crippen molar-refractivity contribution in [3.05, 3.63) is 51.7 Å². The van der Waals surface area contributed by atoms with E-state index in [2.05, 4.69) is 20.7 Å². The zero-order chi connectivity index (χ0) is 20.3.